The van der Waals surface area contributed by atoms with Crippen molar-refractivity contribution in [3.05, 3.63) is 0 Å². The van der Waals surface area contributed by atoms with E-state index in [1.165, 1.54) is 0 Å². The Morgan fingerprint density at radius 2 is 2.00 bits per heavy atom. The molecule has 69 valence electrons. The first-order chi connectivity index (χ1) is 5.77. The summed E-state index contributed by atoms with van der Waals surface area (Å²) in [6, 6.07) is 0. The van der Waals surface area contributed by atoms with Gasteiger partial charge in [0.15, 0.2) is 0 Å². The second-order valence-corrected chi connectivity index (χ2v) is 3.34. The molecule has 0 saturated carbocycles. The molecule has 0 aromatic rings. The third-order valence-corrected chi connectivity index (χ3v) is 2.51. The molecule has 1 aliphatic rings. The van der Waals surface area contributed by atoms with Crippen LogP contribution in [0, 0.1) is 5.92 Å². The molecule has 0 unspecified atom stereocenters. The lowest BCUT2D eigenvalue weighted by Gasteiger charge is -2.30. The second kappa shape index (κ2) is 4.45. The Morgan fingerprint density at radius 1 is 1.42 bits per heavy atom. The zero-order valence-electron chi connectivity index (χ0n) is 7.58. The molecule has 12 heavy (non-hydrogen) atoms. The van der Waals surface area contributed by atoms with Gasteiger partial charge in [0.1, 0.15) is 0 Å². The van der Waals surface area contributed by atoms with Crippen molar-refractivity contribution in [2.24, 2.45) is 5.92 Å². The number of rotatable bonds is 2. The Labute approximate surface area is 73.4 Å². The number of carbonyl (C=O) groups excluding carboxylic acids is 1. The molecule has 1 radical (unpaired) electrons. The van der Waals surface area contributed by atoms with Gasteiger partial charge in [0.25, 0.3) is 0 Å². The van der Waals surface area contributed by atoms with Gasteiger partial charge in [-0.05, 0) is 18.8 Å². The van der Waals surface area contributed by atoms with E-state index in [0.29, 0.717) is 12.3 Å². The predicted molar refractivity (Wildman–Crippen MR) is 45.1 cm³/mol. The average molecular weight is 170 g/mol. The minimum absolute atomic E-state index is 0.0220. The first-order valence-corrected chi connectivity index (χ1v) is 4.63. The van der Waals surface area contributed by atoms with Crippen LogP contribution in [0.15, 0.2) is 0 Å². The molecule has 0 N–H and O–H groups in total. The van der Waals surface area contributed by atoms with Crippen LogP contribution in [-0.4, -0.2) is 30.5 Å². The van der Waals surface area contributed by atoms with Gasteiger partial charge in [0.05, 0.1) is 6.61 Å². The normalized spacial score (nSPS) is 19.7. The summed E-state index contributed by atoms with van der Waals surface area (Å²) in [4.78, 5) is 13.1. The summed E-state index contributed by atoms with van der Waals surface area (Å²) in [5.41, 5.74) is 0. The SMILES string of the molecule is CCC(=O)N1CCC(C[O])CC1. The second-order valence-electron chi connectivity index (χ2n) is 3.34. The summed E-state index contributed by atoms with van der Waals surface area (Å²) in [7, 11) is 0. The van der Waals surface area contributed by atoms with E-state index in [9.17, 15) is 9.90 Å². The number of piperidine rings is 1. The van der Waals surface area contributed by atoms with Gasteiger partial charge in [-0.1, -0.05) is 6.92 Å². The fourth-order valence-electron chi connectivity index (χ4n) is 1.57. The van der Waals surface area contributed by atoms with Crippen LogP contribution < -0.4 is 0 Å². The van der Waals surface area contributed by atoms with Crippen LogP contribution in [0.2, 0.25) is 0 Å². The molecule has 1 rings (SSSR count). The van der Waals surface area contributed by atoms with E-state index >= 15 is 0 Å². The average Bonchev–Trinajstić information content (AvgIpc) is 2.17. The van der Waals surface area contributed by atoms with Gasteiger partial charge in [-0.25, -0.2) is 5.11 Å². The lowest BCUT2D eigenvalue weighted by atomic mass is 9.98. The quantitative estimate of drug-likeness (QED) is 0.611. The minimum atomic E-state index is 0.0220. The molecule has 1 fully saturated rings. The van der Waals surface area contributed by atoms with Crippen molar-refractivity contribution >= 4 is 5.91 Å². The summed E-state index contributed by atoms with van der Waals surface area (Å²) in [5, 5.41) is 10.5. The van der Waals surface area contributed by atoms with Gasteiger partial charge in [-0.3, -0.25) is 4.79 Å². The Bertz CT molecular complexity index is 151. The summed E-state index contributed by atoms with van der Waals surface area (Å²) < 4.78 is 0. The lowest BCUT2D eigenvalue weighted by Crippen LogP contribution is -2.38. The first kappa shape index (κ1) is 9.52. The number of carbonyl (C=O) groups is 1. The summed E-state index contributed by atoms with van der Waals surface area (Å²) in [6.45, 7) is 3.48. The highest BCUT2D eigenvalue weighted by Crippen LogP contribution is 2.16. The molecule has 0 spiro atoms. The van der Waals surface area contributed by atoms with Crippen molar-refractivity contribution in [3.8, 4) is 0 Å². The Hall–Kier alpha value is -0.570. The van der Waals surface area contributed by atoms with Crippen molar-refractivity contribution < 1.29 is 9.90 Å². The summed E-state index contributed by atoms with van der Waals surface area (Å²) >= 11 is 0. The maximum Gasteiger partial charge on any atom is 0.222 e. The molecule has 0 aromatic carbocycles. The molecule has 0 atom stereocenters. The van der Waals surface area contributed by atoms with Crippen LogP contribution in [0.3, 0.4) is 0 Å². The number of amides is 1. The van der Waals surface area contributed by atoms with Crippen molar-refractivity contribution in [1.82, 2.24) is 4.90 Å². The van der Waals surface area contributed by atoms with Crippen LogP contribution in [0.5, 0.6) is 0 Å². The fraction of sp³-hybridized carbons (Fsp3) is 0.889. The molecule has 0 aromatic heterocycles. The Balaban J connectivity index is 2.30. The number of hydrogen-bond donors (Lipinski definition) is 0. The summed E-state index contributed by atoms with van der Waals surface area (Å²) in [6.07, 6.45) is 2.38. The van der Waals surface area contributed by atoms with Crippen molar-refractivity contribution in [1.29, 1.82) is 0 Å². The largest absolute Gasteiger partial charge is 0.343 e. The van der Waals surface area contributed by atoms with Gasteiger partial charge in [0.2, 0.25) is 5.91 Å². The zero-order chi connectivity index (χ0) is 8.97. The molecule has 1 saturated heterocycles. The van der Waals surface area contributed by atoms with Gasteiger partial charge in [-0.15, -0.1) is 0 Å². The van der Waals surface area contributed by atoms with E-state index in [1.54, 1.807) is 0 Å². The number of likely N-dealkylation sites (tertiary alicyclic amines) is 1. The fourth-order valence-corrected chi connectivity index (χ4v) is 1.57. The minimum Gasteiger partial charge on any atom is -0.343 e. The molecule has 0 bridgehead atoms. The first-order valence-electron chi connectivity index (χ1n) is 4.63. The molecule has 3 nitrogen and oxygen atoms in total. The molecular weight excluding hydrogens is 154 g/mol. The Kier molecular flexibility index (Phi) is 3.53. The highest BCUT2D eigenvalue weighted by Gasteiger charge is 2.21. The maximum atomic E-state index is 11.2. The van der Waals surface area contributed by atoms with E-state index in [2.05, 4.69) is 0 Å². The molecule has 1 heterocycles. The third-order valence-electron chi connectivity index (χ3n) is 2.51. The molecule has 0 aliphatic carbocycles. The number of hydrogen-bond acceptors (Lipinski definition) is 1. The maximum absolute atomic E-state index is 11.2. The third kappa shape index (κ3) is 2.21. The topological polar surface area (TPSA) is 40.2 Å². The van der Waals surface area contributed by atoms with Gasteiger partial charge >= 0.3 is 0 Å². The van der Waals surface area contributed by atoms with Crippen molar-refractivity contribution in [2.45, 2.75) is 26.2 Å². The highest BCUT2D eigenvalue weighted by molar-refractivity contribution is 5.75. The van der Waals surface area contributed by atoms with Gasteiger partial charge in [-0.2, -0.15) is 0 Å². The molecule has 1 amide bonds. The molecular formula is C9H16NO2. The van der Waals surface area contributed by atoms with Gasteiger partial charge in [0, 0.05) is 19.5 Å². The number of nitrogens with zero attached hydrogens (tertiary/aromatic N) is 1. The molecule has 3 heteroatoms. The van der Waals surface area contributed by atoms with Crippen LogP contribution in [0.25, 0.3) is 0 Å². The zero-order valence-corrected chi connectivity index (χ0v) is 7.58. The van der Waals surface area contributed by atoms with Crippen molar-refractivity contribution in [3.63, 3.8) is 0 Å². The van der Waals surface area contributed by atoms with E-state index in [-0.39, 0.29) is 12.5 Å². The van der Waals surface area contributed by atoms with Crippen LogP contribution in [-0.2, 0) is 9.90 Å². The standard InChI is InChI=1S/C9H16NO2/c1-2-9(12)10-5-3-8(7-11)4-6-10/h8H,2-7H2,1H3. The highest BCUT2D eigenvalue weighted by atomic mass is 16.3. The van der Waals surface area contributed by atoms with Gasteiger partial charge < -0.3 is 4.90 Å². The lowest BCUT2D eigenvalue weighted by molar-refractivity contribution is -0.132. The van der Waals surface area contributed by atoms with E-state index < -0.39 is 0 Å². The van der Waals surface area contributed by atoms with Crippen LogP contribution in [0.1, 0.15) is 26.2 Å². The Morgan fingerprint density at radius 3 is 2.42 bits per heavy atom. The van der Waals surface area contributed by atoms with E-state index in [4.69, 9.17) is 0 Å². The monoisotopic (exact) mass is 170 g/mol. The van der Waals surface area contributed by atoms with Crippen molar-refractivity contribution in [2.75, 3.05) is 19.7 Å². The smallest absolute Gasteiger partial charge is 0.222 e. The van der Waals surface area contributed by atoms with Crippen LogP contribution >= 0.6 is 0 Å². The van der Waals surface area contributed by atoms with Crippen LogP contribution in [0.4, 0.5) is 0 Å². The van der Waals surface area contributed by atoms with E-state index in [1.807, 2.05) is 11.8 Å². The van der Waals surface area contributed by atoms with E-state index in [0.717, 1.165) is 25.9 Å². The predicted octanol–water partition coefficient (Wildman–Crippen LogP) is 1.07. The molecule has 1 aliphatic heterocycles. The summed E-state index contributed by atoms with van der Waals surface area (Å²) in [5.74, 6) is 0.533.